The minimum absolute atomic E-state index is 0.678. The van der Waals surface area contributed by atoms with Gasteiger partial charge in [0.05, 0.1) is 11.6 Å². The van der Waals surface area contributed by atoms with Crippen molar-refractivity contribution in [1.82, 2.24) is 5.32 Å². The summed E-state index contributed by atoms with van der Waals surface area (Å²) in [5, 5.41) is 12.1. The summed E-state index contributed by atoms with van der Waals surface area (Å²) < 4.78 is 0. The molecule has 0 saturated heterocycles. The van der Waals surface area contributed by atoms with Gasteiger partial charge in [-0.2, -0.15) is 5.26 Å². The summed E-state index contributed by atoms with van der Waals surface area (Å²) in [6, 6.07) is 9.77. The zero-order chi connectivity index (χ0) is 12.7. The smallest absolute Gasteiger partial charge is 0.0991 e. The van der Waals surface area contributed by atoms with Gasteiger partial charge in [0.25, 0.3) is 0 Å². The maximum absolute atomic E-state index is 8.70. The number of hydrogen-bond acceptors (Lipinski definition) is 2. The number of nitrogens with one attached hydrogen (secondary N) is 1. The molecule has 1 N–H and O–H groups in total. The molecule has 2 heteroatoms. The van der Waals surface area contributed by atoms with E-state index in [2.05, 4.69) is 38.2 Å². The molecule has 0 fully saturated rings. The number of rotatable bonds is 5. The number of nitrogens with zero attached hydrogens (tertiary/aromatic N) is 1. The van der Waals surface area contributed by atoms with Gasteiger partial charge in [-0.3, -0.25) is 0 Å². The molecule has 1 rings (SSSR count). The average Bonchev–Trinajstić information content (AvgIpc) is 2.29. The average molecular weight is 228 g/mol. The van der Waals surface area contributed by atoms with E-state index in [-0.39, 0.29) is 0 Å². The van der Waals surface area contributed by atoms with Gasteiger partial charge in [-0.15, -0.1) is 0 Å². The fourth-order valence-electron chi connectivity index (χ4n) is 1.55. The first-order chi connectivity index (χ1) is 8.11. The van der Waals surface area contributed by atoms with Crippen LogP contribution in [0.4, 0.5) is 0 Å². The third-order valence-electron chi connectivity index (χ3n) is 2.41. The Kier molecular flexibility index (Phi) is 5.45. The Morgan fingerprint density at radius 3 is 2.53 bits per heavy atom. The van der Waals surface area contributed by atoms with Crippen LogP contribution in [0, 0.1) is 17.2 Å². The normalized spacial score (nSPS) is 11.6. The first-order valence-corrected chi connectivity index (χ1v) is 6.00. The molecule has 0 aliphatic carbocycles. The molecule has 0 bridgehead atoms. The highest BCUT2D eigenvalue weighted by molar-refractivity contribution is 5.54. The SMILES string of the molecule is CC(=Cc1ccc(C#N)cc1)CNCC(C)C. The van der Waals surface area contributed by atoms with E-state index in [1.807, 2.05) is 24.3 Å². The molecule has 0 saturated carbocycles. The molecule has 90 valence electrons. The van der Waals surface area contributed by atoms with Crippen LogP contribution < -0.4 is 5.32 Å². The van der Waals surface area contributed by atoms with E-state index in [4.69, 9.17) is 5.26 Å². The van der Waals surface area contributed by atoms with Crippen LogP contribution in [0.3, 0.4) is 0 Å². The Morgan fingerprint density at radius 2 is 2.00 bits per heavy atom. The molecule has 0 aliphatic heterocycles. The summed E-state index contributed by atoms with van der Waals surface area (Å²) in [4.78, 5) is 0. The van der Waals surface area contributed by atoms with Crippen LogP contribution in [0.15, 0.2) is 29.8 Å². The molecule has 0 amide bonds. The Bertz CT molecular complexity index is 408. The van der Waals surface area contributed by atoms with E-state index < -0.39 is 0 Å². The van der Waals surface area contributed by atoms with E-state index in [0.29, 0.717) is 11.5 Å². The summed E-state index contributed by atoms with van der Waals surface area (Å²) in [7, 11) is 0. The highest BCUT2D eigenvalue weighted by atomic mass is 14.8. The van der Waals surface area contributed by atoms with Crippen molar-refractivity contribution in [3.63, 3.8) is 0 Å². The van der Waals surface area contributed by atoms with Gasteiger partial charge in [0.1, 0.15) is 0 Å². The second-order valence-corrected chi connectivity index (χ2v) is 4.75. The van der Waals surface area contributed by atoms with Crippen LogP contribution in [0.25, 0.3) is 6.08 Å². The van der Waals surface area contributed by atoms with Crippen LogP contribution in [0.5, 0.6) is 0 Å². The second-order valence-electron chi connectivity index (χ2n) is 4.75. The Hall–Kier alpha value is -1.59. The van der Waals surface area contributed by atoms with Gasteiger partial charge in [0.2, 0.25) is 0 Å². The predicted octanol–water partition coefficient (Wildman–Crippen LogP) is 3.21. The van der Waals surface area contributed by atoms with Gasteiger partial charge in [-0.05, 0) is 37.1 Å². The summed E-state index contributed by atoms with van der Waals surface area (Å²) in [5.41, 5.74) is 3.15. The van der Waals surface area contributed by atoms with Gasteiger partial charge in [0.15, 0.2) is 0 Å². The third-order valence-corrected chi connectivity index (χ3v) is 2.41. The van der Waals surface area contributed by atoms with E-state index in [1.54, 1.807) is 0 Å². The van der Waals surface area contributed by atoms with Crippen LogP contribution in [0.2, 0.25) is 0 Å². The zero-order valence-electron chi connectivity index (χ0n) is 10.8. The van der Waals surface area contributed by atoms with Crippen molar-refractivity contribution in [2.75, 3.05) is 13.1 Å². The minimum Gasteiger partial charge on any atom is -0.313 e. The van der Waals surface area contributed by atoms with Crippen molar-refractivity contribution in [2.45, 2.75) is 20.8 Å². The lowest BCUT2D eigenvalue weighted by Crippen LogP contribution is -2.21. The van der Waals surface area contributed by atoms with E-state index >= 15 is 0 Å². The van der Waals surface area contributed by atoms with Crippen molar-refractivity contribution in [3.8, 4) is 6.07 Å². The minimum atomic E-state index is 0.678. The monoisotopic (exact) mass is 228 g/mol. The second kappa shape index (κ2) is 6.88. The largest absolute Gasteiger partial charge is 0.313 e. The predicted molar refractivity (Wildman–Crippen MR) is 72.5 cm³/mol. The van der Waals surface area contributed by atoms with Gasteiger partial charge in [-0.1, -0.05) is 37.6 Å². The standard InChI is InChI=1S/C15H20N2/c1-12(2)10-17-11-13(3)8-14-4-6-15(9-16)7-5-14/h4-8,12,17H,10-11H2,1-3H3. The fraction of sp³-hybridized carbons (Fsp3) is 0.400. The maximum atomic E-state index is 8.70. The molecule has 0 heterocycles. The molecule has 0 radical (unpaired) electrons. The van der Waals surface area contributed by atoms with Gasteiger partial charge in [-0.25, -0.2) is 0 Å². The first kappa shape index (κ1) is 13.5. The topological polar surface area (TPSA) is 35.8 Å². The Balaban J connectivity index is 2.52. The molecule has 0 aliphatic rings. The summed E-state index contributed by atoms with van der Waals surface area (Å²) in [6.07, 6.45) is 2.15. The number of benzene rings is 1. The molecule has 17 heavy (non-hydrogen) atoms. The Labute approximate surface area is 104 Å². The molecule has 0 aromatic heterocycles. The summed E-state index contributed by atoms with van der Waals surface area (Å²) >= 11 is 0. The van der Waals surface area contributed by atoms with Gasteiger partial charge < -0.3 is 5.32 Å². The fourth-order valence-corrected chi connectivity index (χ4v) is 1.55. The van der Waals surface area contributed by atoms with E-state index in [9.17, 15) is 0 Å². The number of hydrogen-bond donors (Lipinski definition) is 1. The summed E-state index contributed by atoms with van der Waals surface area (Å²) in [5.74, 6) is 0.678. The van der Waals surface area contributed by atoms with Crippen LogP contribution in [-0.2, 0) is 0 Å². The van der Waals surface area contributed by atoms with Gasteiger partial charge >= 0.3 is 0 Å². The lowest BCUT2D eigenvalue weighted by atomic mass is 10.1. The molecular formula is C15H20N2. The highest BCUT2D eigenvalue weighted by Gasteiger charge is 1.95. The molecular weight excluding hydrogens is 208 g/mol. The molecule has 0 atom stereocenters. The first-order valence-electron chi connectivity index (χ1n) is 6.00. The Morgan fingerprint density at radius 1 is 1.35 bits per heavy atom. The lowest BCUT2D eigenvalue weighted by Gasteiger charge is -2.07. The molecule has 2 nitrogen and oxygen atoms in total. The van der Waals surface area contributed by atoms with Crippen molar-refractivity contribution >= 4 is 6.08 Å². The highest BCUT2D eigenvalue weighted by Crippen LogP contribution is 2.08. The van der Waals surface area contributed by atoms with Crippen LogP contribution >= 0.6 is 0 Å². The van der Waals surface area contributed by atoms with Gasteiger partial charge in [0, 0.05) is 6.54 Å². The van der Waals surface area contributed by atoms with Crippen LogP contribution in [0.1, 0.15) is 31.9 Å². The molecule has 1 aromatic carbocycles. The van der Waals surface area contributed by atoms with Crippen molar-refractivity contribution < 1.29 is 0 Å². The van der Waals surface area contributed by atoms with Crippen molar-refractivity contribution in [2.24, 2.45) is 5.92 Å². The third kappa shape index (κ3) is 5.33. The lowest BCUT2D eigenvalue weighted by molar-refractivity contribution is 0.572. The summed E-state index contributed by atoms with van der Waals surface area (Å²) in [6.45, 7) is 8.47. The van der Waals surface area contributed by atoms with E-state index in [0.717, 1.165) is 18.7 Å². The molecule has 0 unspecified atom stereocenters. The van der Waals surface area contributed by atoms with Crippen molar-refractivity contribution in [3.05, 3.63) is 41.0 Å². The quantitative estimate of drug-likeness (QED) is 0.840. The zero-order valence-corrected chi connectivity index (χ0v) is 10.8. The molecule has 1 aromatic rings. The number of nitriles is 1. The van der Waals surface area contributed by atoms with Crippen LogP contribution in [-0.4, -0.2) is 13.1 Å². The van der Waals surface area contributed by atoms with Crippen molar-refractivity contribution in [1.29, 1.82) is 5.26 Å². The maximum Gasteiger partial charge on any atom is 0.0991 e. The molecule has 0 spiro atoms. The van der Waals surface area contributed by atoms with E-state index in [1.165, 1.54) is 5.57 Å².